The van der Waals surface area contributed by atoms with E-state index in [1.54, 1.807) is 4.90 Å². The Labute approximate surface area is 253 Å². The summed E-state index contributed by atoms with van der Waals surface area (Å²) >= 11 is 0. The molecule has 2 aliphatic heterocycles. The Morgan fingerprint density at radius 2 is 1.55 bits per heavy atom. The number of nitrogens with zero attached hydrogens (tertiary/aromatic N) is 4. The number of likely N-dealkylation sites (tertiary alicyclic amines) is 1. The van der Waals surface area contributed by atoms with Crippen molar-refractivity contribution in [3.63, 3.8) is 0 Å². The van der Waals surface area contributed by atoms with Gasteiger partial charge in [0.15, 0.2) is 0 Å². The van der Waals surface area contributed by atoms with Gasteiger partial charge in [-0.1, -0.05) is 30.3 Å². The number of nitro benzene ring substituents is 1. The first-order chi connectivity index (χ1) is 21.2. The van der Waals surface area contributed by atoms with Crippen LogP contribution >= 0.6 is 0 Å². The van der Waals surface area contributed by atoms with Crippen LogP contribution in [0.15, 0.2) is 72.8 Å². The Hall–Kier alpha value is -4.32. The lowest BCUT2D eigenvalue weighted by molar-refractivity contribution is -0.388. The third kappa shape index (κ3) is 8.19. The van der Waals surface area contributed by atoms with Crippen molar-refractivity contribution in [2.24, 2.45) is 0 Å². The molecule has 0 N–H and O–H groups in total. The summed E-state index contributed by atoms with van der Waals surface area (Å²) in [5.41, 5.74) is -0.0855. The normalized spacial score (nSPS) is 16.5. The van der Waals surface area contributed by atoms with E-state index in [2.05, 4.69) is 21.9 Å². The van der Waals surface area contributed by atoms with E-state index < -0.39 is 22.4 Å². The van der Waals surface area contributed by atoms with Crippen LogP contribution in [0, 0.1) is 10.1 Å². The molecule has 0 bridgehead atoms. The smallest absolute Gasteiger partial charge is 0.423 e. The number of benzene rings is 3. The first kappa shape index (κ1) is 31.1. The minimum atomic E-state index is -4.87. The number of rotatable bonds is 10. The summed E-state index contributed by atoms with van der Waals surface area (Å²) in [5, 5.41) is 11.0. The fraction of sp³-hybridized carbons (Fsp3) is 0.406. The van der Waals surface area contributed by atoms with Gasteiger partial charge in [-0.15, -0.1) is 0 Å². The van der Waals surface area contributed by atoms with E-state index in [9.17, 15) is 28.1 Å². The summed E-state index contributed by atoms with van der Waals surface area (Å²) < 4.78 is 51.4. The first-order valence-corrected chi connectivity index (χ1v) is 14.7. The van der Waals surface area contributed by atoms with E-state index in [1.165, 1.54) is 6.07 Å². The predicted molar refractivity (Wildman–Crippen MR) is 159 cm³/mol. The number of anilines is 1. The lowest BCUT2D eigenvalue weighted by Gasteiger charge is -2.37. The number of ether oxygens (including phenoxy) is 2. The zero-order chi connectivity index (χ0) is 31.1. The van der Waals surface area contributed by atoms with Crippen molar-refractivity contribution in [3.8, 4) is 11.5 Å². The Bertz CT molecular complexity index is 1410. The number of halogens is 3. The Balaban J connectivity index is 1.01. The van der Waals surface area contributed by atoms with Gasteiger partial charge in [-0.3, -0.25) is 19.8 Å². The number of piperidine rings is 1. The van der Waals surface area contributed by atoms with Crippen molar-refractivity contribution in [1.82, 2.24) is 9.80 Å². The van der Waals surface area contributed by atoms with Crippen LogP contribution in [0.25, 0.3) is 0 Å². The van der Waals surface area contributed by atoms with E-state index in [-0.39, 0.29) is 17.8 Å². The van der Waals surface area contributed by atoms with Gasteiger partial charge in [0.1, 0.15) is 29.8 Å². The quantitative estimate of drug-likeness (QED) is 0.212. The fourth-order valence-corrected chi connectivity index (χ4v) is 5.53. The highest BCUT2D eigenvalue weighted by molar-refractivity contribution is 5.76. The third-order valence-corrected chi connectivity index (χ3v) is 8.03. The summed E-state index contributed by atoms with van der Waals surface area (Å²) in [5.74, 6) is 0.804. The number of hydrogen-bond acceptors (Lipinski definition) is 7. The molecule has 0 aliphatic carbocycles. The molecule has 0 spiro atoms. The number of piperazine rings is 1. The molecule has 0 unspecified atom stereocenters. The molecule has 12 heteroatoms. The molecule has 44 heavy (non-hydrogen) atoms. The van der Waals surface area contributed by atoms with Crippen LogP contribution in [-0.2, 0) is 17.6 Å². The minimum Gasteiger partial charge on any atom is -0.490 e. The SMILES string of the molecule is O=C(CCN1CCN(c2ccc(OCc3ccccc3)cc2)CC1)N1CCC(Oc2ccc([N+](=O)[O-])c(C(F)(F)F)c2)CC1. The second kappa shape index (κ2) is 14.0. The third-order valence-electron chi connectivity index (χ3n) is 8.03. The minimum absolute atomic E-state index is 0.0478. The number of nitro groups is 1. The van der Waals surface area contributed by atoms with Crippen LogP contribution in [0.5, 0.6) is 11.5 Å². The molecule has 2 heterocycles. The van der Waals surface area contributed by atoms with Crippen LogP contribution < -0.4 is 14.4 Å². The van der Waals surface area contributed by atoms with Crippen molar-refractivity contribution in [3.05, 3.63) is 94.0 Å². The molecular weight excluding hydrogens is 577 g/mol. The van der Waals surface area contributed by atoms with Crippen molar-refractivity contribution in [2.75, 3.05) is 50.7 Å². The average Bonchev–Trinajstić information content (AvgIpc) is 3.03. The summed E-state index contributed by atoms with van der Waals surface area (Å²) in [6.07, 6.45) is -3.90. The highest BCUT2D eigenvalue weighted by Crippen LogP contribution is 2.38. The second-order valence-corrected chi connectivity index (χ2v) is 11.0. The molecule has 9 nitrogen and oxygen atoms in total. The molecule has 2 aliphatic rings. The molecule has 3 aromatic carbocycles. The van der Waals surface area contributed by atoms with Gasteiger partial charge in [0.25, 0.3) is 5.69 Å². The van der Waals surface area contributed by atoms with Crippen LogP contribution in [-0.4, -0.2) is 72.5 Å². The summed E-state index contributed by atoms with van der Waals surface area (Å²) in [6.45, 7) is 5.51. The molecular formula is C32H35F3N4O5. The average molecular weight is 613 g/mol. The number of alkyl halides is 3. The highest BCUT2D eigenvalue weighted by Gasteiger charge is 2.39. The lowest BCUT2D eigenvalue weighted by atomic mass is 10.1. The van der Waals surface area contributed by atoms with Gasteiger partial charge in [-0.05, 0) is 42.0 Å². The van der Waals surface area contributed by atoms with E-state index in [1.807, 2.05) is 42.5 Å². The molecule has 0 aromatic heterocycles. The molecule has 0 saturated carbocycles. The standard InChI is InChI=1S/C32H35F3N4O5/c33-32(34,35)29-22-28(10-11-30(29)39(41)42)44-27-12-16-38(17-13-27)31(40)14-15-36-18-20-37(21-19-36)25-6-8-26(9-7-25)43-23-24-4-2-1-3-5-24/h1-11,22,27H,12-21,23H2. The molecule has 3 aromatic rings. The molecule has 234 valence electrons. The Morgan fingerprint density at radius 1 is 0.886 bits per heavy atom. The molecule has 1 amide bonds. The van der Waals surface area contributed by atoms with E-state index in [0.29, 0.717) is 51.6 Å². The Morgan fingerprint density at radius 3 is 2.18 bits per heavy atom. The number of amides is 1. The maximum absolute atomic E-state index is 13.3. The molecule has 2 saturated heterocycles. The summed E-state index contributed by atoms with van der Waals surface area (Å²) in [7, 11) is 0. The van der Waals surface area contributed by atoms with Gasteiger partial charge in [0.2, 0.25) is 5.91 Å². The van der Waals surface area contributed by atoms with Crippen LogP contribution in [0.3, 0.4) is 0 Å². The first-order valence-electron chi connectivity index (χ1n) is 14.7. The maximum Gasteiger partial charge on any atom is 0.423 e. The zero-order valence-corrected chi connectivity index (χ0v) is 24.2. The van der Waals surface area contributed by atoms with Crippen LogP contribution in [0.2, 0.25) is 0 Å². The van der Waals surface area contributed by atoms with Gasteiger partial charge in [-0.25, -0.2) is 0 Å². The molecule has 2 fully saturated rings. The fourth-order valence-electron chi connectivity index (χ4n) is 5.53. The molecule has 5 rings (SSSR count). The van der Waals surface area contributed by atoms with E-state index in [4.69, 9.17) is 9.47 Å². The molecule has 0 radical (unpaired) electrons. The van der Waals surface area contributed by atoms with Crippen molar-refractivity contribution in [1.29, 1.82) is 0 Å². The zero-order valence-electron chi connectivity index (χ0n) is 24.2. The predicted octanol–water partition coefficient (Wildman–Crippen LogP) is 5.77. The topological polar surface area (TPSA) is 88.4 Å². The molecule has 0 atom stereocenters. The Kier molecular flexibility index (Phi) is 9.89. The maximum atomic E-state index is 13.3. The van der Waals surface area contributed by atoms with Gasteiger partial charge < -0.3 is 19.3 Å². The number of carbonyl (C=O) groups excluding carboxylic acids is 1. The summed E-state index contributed by atoms with van der Waals surface area (Å²) in [6, 6.07) is 20.8. The largest absolute Gasteiger partial charge is 0.490 e. The van der Waals surface area contributed by atoms with E-state index in [0.717, 1.165) is 49.2 Å². The summed E-state index contributed by atoms with van der Waals surface area (Å²) in [4.78, 5) is 29.2. The number of carbonyl (C=O) groups is 1. The highest BCUT2D eigenvalue weighted by atomic mass is 19.4. The number of hydrogen-bond donors (Lipinski definition) is 0. The van der Waals surface area contributed by atoms with Gasteiger partial charge >= 0.3 is 6.18 Å². The van der Waals surface area contributed by atoms with E-state index >= 15 is 0 Å². The second-order valence-electron chi connectivity index (χ2n) is 11.0. The van der Waals surface area contributed by atoms with Crippen molar-refractivity contribution in [2.45, 2.75) is 38.1 Å². The van der Waals surface area contributed by atoms with Gasteiger partial charge in [0.05, 0.1) is 4.92 Å². The van der Waals surface area contributed by atoms with Crippen LogP contribution in [0.4, 0.5) is 24.5 Å². The lowest BCUT2D eigenvalue weighted by Crippen LogP contribution is -2.48. The van der Waals surface area contributed by atoms with Crippen LogP contribution in [0.1, 0.15) is 30.4 Å². The van der Waals surface area contributed by atoms with Crippen molar-refractivity contribution >= 4 is 17.3 Å². The monoisotopic (exact) mass is 612 g/mol. The van der Waals surface area contributed by atoms with Gasteiger partial charge in [0, 0.05) is 76.8 Å². The van der Waals surface area contributed by atoms with Crippen molar-refractivity contribution < 1.29 is 32.4 Å². The van der Waals surface area contributed by atoms with Gasteiger partial charge in [-0.2, -0.15) is 13.2 Å².